The van der Waals surface area contributed by atoms with Crippen molar-refractivity contribution in [3.05, 3.63) is 59.3 Å². The third-order valence-electron chi connectivity index (χ3n) is 3.78. The van der Waals surface area contributed by atoms with Crippen molar-refractivity contribution in [1.82, 2.24) is 0 Å². The van der Waals surface area contributed by atoms with Crippen molar-refractivity contribution in [2.45, 2.75) is 13.8 Å². The molecule has 7 heteroatoms. The maximum atomic E-state index is 12.2. The molecule has 2 aromatic carbocycles. The Hall–Kier alpha value is -3.61. The minimum atomic E-state index is -0.549. The van der Waals surface area contributed by atoms with E-state index in [0.717, 1.165) is 5.75 Å². The summed E-state index contributed by atoms with van der Waals surface area (Å²) >= 11 is 0. The van der Waals surface area contributed by atoms with E-state index >= 15 is 0 Å². The fourth-order valence-corrected chi connectivity index (χ4v) is 2.56. The Bertz CT molecular complexity index is 959. The van der Waals surface area contributed by atoms with E-state index < -0.39 is 11.9 Å². The lowest BCUT2D eigenvalue weighted by Crippen LogP contribution is -2.05. The highest BCUT2D eigenvalue weighted by atomic mass is 16.6. The Balaban J connectivity index is 1.85. The van der Waals surface area contributed by atoms with E-state index in [4.69, 9.17) is 18.9 Å². The summed E-state index contributed by atoms with van der Waals surface area (Å²) in [6, 6.07) is 12.0. The first-order valence-corrected chi connectivity index (χ1v) is 8.62. The molecular formula is C21H19NO6. The van der Waals surface area contributed by atoms with Crippen LogP contribution in [-0.2, 0) is 14.3 Å². The van der Waals surface area contributed by atoms with Crippen LogP contribution in [0.3, 0.4) is 0 Å². The summed E-state index contributed by atoms with van der Waals surface area (Å²) in [5.41, 5.74) is 1.48. The molecular weight excluding hydrogens is 362 g/mol. The number of hydrogen-bond acceptors (Lipinski definition) is 7. The number of rotatable bonds is 6. The van der Waals surface area contributed by atoms with Crippen LogP contribution < -0.4 is 14.2 Å². The highest BCUT2D eigenvalue weighted by Gasteiger charge is 2.24. The van der Waals surface area contributed by atoms with Crippen LogP contribution >= 0.6 is 0 Å². The van der Waals surface area contributed by atoms with Crippen LogP contribution in [0.4, 0.5) is 0 Å². The standard InChI is InChI=1S/C21H19NO6/c1-4-26-16-8-6-15(7-9-16)20-22-17(21(24)28-20)11-14-5-10-18(27-13(2)23)19(12-14)25-3/h5-12H,4H2,1-3H3/b17-11+. The molecule has 0 saturated heterocycles. The normalized spacial score (nSPS) is 14.5. The molecule has 3 rings (SSSR count). The second-order valence-electron chi connectivity index (χ2n) is 5.80. The average molecular weight is 381 g/mol. The van der Waals surface area contributed by atoms with Gasteiger partial charge in [0.1, 0.15) is 5.75 Å². The monoisotopic (exact) mass is 381 g/mol. The first kappa shape index (κ1) is 19.2. The Morgan fingerprint density at radius 3 is 2.54 bits per heavy atom. The summed E-state index contributed by atoms with van der Waals surface area (Å²) < 4.78 is 21.0. The van der Waals surface area contributed by atoms with Crippen molar-refractivity contribution in [3.8, 4) is 17.2 Å². The summed E-state index contributed by atoms with van der Waals surface area (Å²) in [5.74, 6) is 0.617. The molecule has 0 aliphatic carbocycles. The van der Waals surface area contributed by atoms with Crippen molar-refractivity contribution in [3.63, 3.8) is 0 Å². The Kier molecular flexibility index (Phi) is 5.74. The zero-order chi connectivity index (χ0) is 20.1. The summed E-state index contributed by atoms with van der Waals surface area (Å²) in [6.45, 7) is 3.78. The molecule has 0 amide bonds. The van der Waals surface area contributed by atoms with Gasteiger partial charge >= 0.3 is 11.9 Å². The van der Waals surface area contributed by atoms with Crippen molar-refractivity contribution < 1.29 is 28.5 Å². The molecule has 0 spiro atoms. The number of ether oxygens (including phenoxy) is 4. The fourth-order valence-electron chi connectivity index (χ4n) is 2.56. The van der Waals surface area contributed by atoms with Gasteiger partial charge in [0.25, 0.3) is 0 Å². The van der Waals surface area contributed by atoms with Gasteiger partial charge in [-0.1, -0.05) is 6.07 Å². The third kappa shape index (κ3) is 4.37. The quantitative estimate of drug-likeness (QED) is 0.433. The summed E-state index contributed by atoms with van der Waals surface area (Å²) in [7, 11) is 1.46. The van der Waals surface area contributed by atoms with Gasteiger partial charge in [0.05, 0.1) is 13.7 Å². The van der Waals surface area contributed by atoms with Crippen LogP contribution in [0.25, 0.3) is 6.08 Å². The van der Waals surface area contributed by atoms with Crippen LogP contribution in [0.2, 0.25) is 0 Å². The van der Waals surface area contributed by atoms with Crippen molar-refractivity contribution >= 4 is 23.9 Å². The molecule has 1 aliphatic heterocycles. The van der Waals surface area contributed by atoms with Gasteiger partial charge in [-0.05, 0) is 55.0 Å². The molecule has 0 fully saturated rings. The van der Waals surface area contributed by atoms with Crippen molar-refractivity contribution in [2.24, 2.45) is 4.99 Å². The first-order chi connectivity index (χ1) is 13.5. The van der Waals surface area contributed by atoms with Crippen molar-refractivity contribution in [2.75, 3.05) is 13.7 Å². The number of benzene rings is 2. The van der Waals surface area contributed by atoms with Crippen LogP contribution in [0.15, 0.2) is 53.2 Å². The second kappa shape index (κ2) is 8.39. The topological polar surface area (TPSA) is 83.4 Å². The van der Waals surface area contributed by atoms with E-state index in [9.17, 15) is 9.59 Å². The average Bonchev–Trinajstić information content (AvgIpc) is 3.04. The molecule has 0 radical (unpaired) electrons. The fraction of sp³-hybridized carbons (Fsp3) is 0.190. The van der Waals surface area contributed by atoms with Crippen LogP contribution in [0, 0.1) is 0 Å². The lowest BCUT2D eigenvalue weighted by atomic mass is 10.1. The van der Waals surface area contributed by atoms with E-state index in [1.807, 2.05) is 6.92 Å². The predicted molar refractivity (Wildman–Crippen MR) is 103 cm³/mol. The molecule has 0 atom stereocenters. The van der Waals surface area contributed by atoms with E-state index in [2.05, 4.69) is 4.99 Å². The van der Waals surface area contributed by atoms with E-state index in [-0.39, 0.29) is 11.6 Å². The maximum absolute atomic E-state index is 12.2. The van der Waals surface area contributed by atoms with Crippen LogP contribution in [0.1, 0.15) is 25.0 Å². The summed E-state index contributed by atoms with van der Waals surface area (Å²) in [6.07, 6.45) is 1.57. The van der Waals surface area contributed by atoms with Gasteiger partial charge in [-0.2, -0.15) is 0 Å². The smallest absolute Gasteiger partial charge is 0.363 e. The van der Waals surface area contributed by atoms with Gasteiger partial charge in [0.15, 0.2) is 17.2 Å². The number of esters is 2. The van der Waals surface area contributed by atoms with Crippen molar-refractivity contribution in [1.29, 1.82) is 0 Å². The molecule has 1 aliphatic rings. The third-order valence-corrected chi connectivity index (χ3v) is 3.78. The zero-order valence-electron chi connectivity index (χ0n) is 15.7. The number of nitrogens with zero attached hydrogens (tertiary/aromatic N) is 1. The molecule has 0 N–H and O–H groups in total. The number of carbonyl (C=O) groups excluding carboxylic acids is 2. The largest absolute Gasteiger partial charge is 0.494 e. The van der Waals surface area contributed by atoms with E-state index in [0.29, 0.717) is 29.2 Å². The minimum Gasteiger partial charge on any atom is -0.494 e. The maximum Gasteiger partial charge on any atom is 0.363 e. The van der Waals surface area contributed by atoms with Gasteiger partial charge in [0.2, 0.25) is 5.90 Å². The lowest BCUT2D eigenvalue weighted by molar-refractivity contribution is -0.132. The molecule has 2 aromatic rings. The van der Waals surface area contributed by atoms with Crippen LogP contribution in [-0.4, -0.2) is 31.6 Å². The molecule has 0 aromatic heterocycles. The number of cyclic esters (lactones) is 1. The molecule has 0 bridgehead atoms. The van der Waals surface area contributed by atoms with E-state index in [1.165, 1.54) is 14.0 Å². The number of aliphatic imine (C=N–C) groups is 1. The Labute approximate surface area is 162 Å². The summed E-state index contributed by atoms with van der Waals surface area (Å²) in [4.78, 5) is 27.6. The molecule has 7 nitrogen and oxygen atoms in total. The molecule has 28 heavy (non-hydrogen) atoms. The Morgan fingerprint density at radius 2 is 1.89 bits per heavy atom. The van der Waals surface area contributed by atoms with Crippen LogP contribution in [0.5, 0.6) is 17.2 Å². The van der Waals surface area contributed by atoms with Gasteiger partial charge in [-0.25, -0.2) is 9.79 Å². The molecule has 0 saturated carbocycles. The molecule has 1 heterocycles. The zero-order valence-corrected chi connectivity index (χ0v) is 15.7. The van der Waals surface area contributed by atoms with E-state index in [1.54, 1.807) is 48.5 Å². The minimum absolute atomic E-state index is 0.158. The number of methoxy groups -OCH3 is 1. The second-order valence-corrected chi connectivity index (χ2v) is 5.80. The number of carbonyl (C=O) groups is 2. The lowest BCUT2D eigenvalue weighted by Gasteiger charge is -2.08. The van der Waals surface area contributed by atoms with Gasteiger partial charge in [-0.3, -0.25) is 4.79 Å². The highest BCUT2D eigenvalue weighted by Crippen LogP contribution is 2.30. The highest BCUT2D eigenvalue weighted by molar-refractivity contribution is 6.12. The molecule has 0 unspecified atom stereocenters. The number of hydrogen-bond donors (Lipinski definition) is 0. The molecule has 144 valence electrons. The SMILES string of the molecule is CCOc1ccc(C2=N/C(=C/c3ccc(OC(C)=O)c(OC)c3)C(=O)O2)cc1. The first-order valence-electron chi connectivity index (χ1n) is 8.62. The van der Waals surface area contributed by atoms with Gasteiger partial charge in [-0.15, -0.1) is 0 Å². The Morgan fingerprint density at radius 1 is 1.14 bits per heavy atom. The van der Waals surface area contributed by atoms with Gasteiger partial charge < -0.3 is 18.9 Å². The predicted octanol–water partition coefficient (Wildman–Crippen LogP) is 3.36. The summed E-state index contributed by atoms with van der Waals surface area (Å²) in [5, 5.41) is 0. The van der Waals surface area contributed by atoms with Gasteiger partial charge in [0, 0.05) is 12.5 Å².